The normalized spacial score (nSPS) is 16.0. The molecule has 0 saturated carbocycles. The molecule has 1 heterocycles. The lowest BCUT2D eigenvalue weighted by molar-refractivity contribution is 0.0758. The molecular weight excluding hydrogens is 400 g/mol. The third-order valence-electron chi connectivity index (χ3n) is 5.51. The number of nitrogens with one attached hydrogen (secondary N) is 1. The minimum absolute atomic E-state index is 0.0656. The van der Waals surface area contributed by atoms with Crippen LogP contribution < -0.4 is 9.46 Å². The summed E-state index contributed by atoms with van der Waals surface area (Å²) in [5, 5.41) is 0. The smallest absolute Gasteiger partial charge is 0.257 e. The Kier molecular flexibility index (Phi) is 7.50. The second-order valence-electron chi connectivity index (χ2n) is 7.56. The van der Waals surface area contributed by atoms with Gasteiger partial charge in [0.15, 0.2) is 0 Å². The molecular formula is C23H30N2O4S. The lowest BCUT2D eigenvalue weighted by Gasteiger charge is -2.22. The second kappa shape index (κ2) is 10.1. The molecule has 1 N–H and O–H groups in total. The summed E-state index contributed by atoms with van der Waals surface area (Å²) in [6.07, 6.45) is 4.75. The van der Waals surface area contributed by atoms with E-state index in [1.807, 2.05) is 37.3 Å². The average molecular weight is 431 g/mol. The molecule has 1 amide bonds. The summed E-state index contributed by atoms with van der Waals surface area (Å²) in [6, 6.07) is 13.6. The molecule has 2 aromatic rings. The van der Waals surface area contributed by atoms with Crippen LogP contribution in [0.5, 0.6) is 5.75 Å². The van der Waals surface area contributed by atoms with Gasteiger partial charge in [-0.2, -0.15) is 0 Å². The van der Waals surface area contributed by atoms with Gasteiger partial charge < -0.3 is 9.64 Å². The number of benzene rings is 2. The van der Waals surface area contributed by atoms with Crippen molar-refractivity contribution in [2.75, 3.05) is 20.2 Å². The first kappa shape index (κ1) is 22.3. The molecule has 162 valence electrons. The number of carbonyl (C=O) groups is 1. The standard InChI is InChI=1S/C23H30N2O4S/c1-3-21(18-11-7-6-8-12-18)24-30(27,28)19-13-14-22(29-2)20(17-19)23(26)25-15-9-4-5-10-16-25/h6-8,11-14,17,21,24H,3-5,9-10,15-16H2,1-2H3/t21-/m1/s1. The van der Waals surface area contributed by atoms with E-state index < -0.39 is 10.0 Å². The first-order valence-corrected chi connectivity index (χ1v) is 12.0. The van der Waals surface area contributed by atoms with Gasteiger partial charge in [0.1, 0.15) is 5.75 Å². The lowest BCUT2D eigenvalue weighted by Crippen LogP contribution is -2.32. The number of hydrogen-bond acceptors (Lipinski definition) is 4. The first-order chi connectivity index (χ1) is 14.5. The minimum atomic E-state index is -3.81. The molecule has 0 radical (unpaired) electrons. The molecule has 3 rings (SSSR count). The molecule has 30 heavy (non-hydrogen) atoms. The number of amides is 1. The summed E-state index contributed by atoms with van der Waals surface area (Å²) in [4.78, 5) is 15.0. The van der Waals surface area contributed by atoms with Gasteiger partial charge >= 0.3 is 0 Å². The van der Waals surface area contributed by atoms with E-state index in [0.717, 1.165) is 31.2 Å². The highest BCUT2D eigenvalue weighted by atomic mass is 32.2. The van der Waals surface area contributed by atoms with Gasteiger partial charge in [0.25, 0.3) is 5.91 Å². The fourth-order valence-electron chi connectivity index (χ4n) is 3.79. The topological polar surface area (TPSA) is 75.7 Å². The monoisotopic (exact) mass is 430 g/mol. The van der Waals surface area contributed by atoms with E-state index in [9.17, 15) is 13.2 Å². The number of nitrogens with zero attached hydrogens (tertiary/aromatic N) is 1. The number of rotatable bonds is 7. The largest absolute Gasteiger partial charge is 0.496 e. The predicted molar refractivity (Wildman–Crippen MR) is 117 cm³/mol. The molecule has 0 aliphatic carbocycles. The molecule has 1 atom stereocenters. The Bertz CT molecular complexity index is 952. The van der Waals surface area contributed by atoms with Crippen LogP contribution in [0.2, 0.25) is 0 Å². The third-order valence-corrected chi connectivity index (χ3v) is 6.98. The summed E-state index contributed by atoms with van der Waals surface area (Å²) in [5.74, 6) is 0.208. The highest BCUT2D eigenvalue weighted by Gasteiger charge is 2.25. The number of ether oxygens (including phenoxy) is 1. The SMILES string of the molecule is CC[C@@H](NS(=O)(=O)c1ccc(OC)c(C(=O)N2CCCCCC2)c1)c1ccccc1. The summed E-state index contributed by atoms with van der Waals surface area (Å²) in [5.41, 5.74) is 1.19. The van der Waals surface area contributed by atoms with Crippen molar-refractivity contribution in [2.45, 2.75) is 50.0 Å². The van der Waals surface area contributed by atoms with Crippen LogP contribution in [0, 0.1) is 0 Å². The summed E-state index contributed by atoms with van der Waals surface area (Å²) < 4.78 is 34.3. The molecule has 0 unspecified atom stereocenters. The molecule has 6 nitrogen and oxygen atoms in total. The second-order valence-corrected chi connectivity index (χ2v) is 9.28. The Balaban J connectivity index is 1.89. The number of hydrogen-bond donors (Lipinski definition) is 1. The van der Waals surface area contributed by atoms with Gasteiger partial charge in [-0.3, -0.25) is 4.79 Å². The van der Waals surface area contributed by atoms with E-state index in [-0.39, 0.29) is 22.4 Å². The Morgan fingerprint density at radius 2 is 1.73 bits per heavy atom. The van der Waals surface area contributed by atoms with Crippen LogP contribution in [0.3, 0.4) is 0 Å². The van der Waals surface area contributed by atoms with Gasteiger partial charge in [-0.05, 0) is 43.0 Å². The summed E-state index contributed by atoms with van der Waals surface area (Å²) in [6.45, 7) is 3.30. The maximum Gasteiger partial charge on any atom is 0.257 e. The van der Waals surface area contributed by atoms with Crippen LogP contribution in [-0.4, -0.2) is 39.4 Å². The van der Waals surface area contributed by atoms with Gasteiger partial charge in [-0.1, -0.05) is 50.1 Å². The Labute approximate surface area is 179 Å². The van der Waals surface area contributed by atoms with Crippen LogP contribution in [0.25, 0.3) is 0 Å². The molecule has 0 bridgehead atoms. The van der Waals surface area contributed by atoms with E-state index in [4.69, 9.17) is 4.74 Å². The zero-order valence-electron chi connectivity index (χ0n) is 17.6. The van der Waals surface area contributed by atoms with Crippen LogP contribution in [0.1, 0.15) is 61.0 Å². The molecule has 1 saturated heterocycles. The molecule has 1 aliphatic heterocycles. The molecule has 1 fully saturated rings. The van der Waals surface area contributed by atoms with Gasteiger partial charge in [0.05, 0.1) is 17.6 Å². The Morgan fingerprint density at radius 3 is 2.33 bits per heavy atom. The third kappa shape index (κ3) is 5.21. The van der Waals surface area contributed by atoms with Crippen molar-refractivity contribution in [3.63, 3.8) is 0 Å². The Hall–Kier alpha value is -2.38. The molecule has 1 aliphatic rings. The van der Waals surface area contributed by atoms with Gasteiger partial charge in [0.2, 0.25) is 10.0 Å². The van der Waals surface area contributed by atoms with Gasteiger partial charge in [-0.25, -0.2) is 13.1 Å². The van der Waals surface area contributed by atoms with Crippen LogP contribution in [-0.2, 0) is 10.0 Å². The van der Waals surface area contributed by atoms with E-state index in [2.05, 4.69) is 4.72 Å². The highest BCUT2D eigenvalue weighted by Crippen LogP contribution is 2.27. The molecule has 7 heteroatoms. The van der Waals surface area contributed by atoms with Crippen molar-refractivity contribution in [3.05, 3.63) is 59.7 Å². The van der Waals surface area contributed by atoms with Crippen molar-refractivity contribution in [2.24, 2.45) is 0 Å². The van der Waals surface area contributed by atoms with E-state index in [1.54, 1.807) is 11.0 Å². The zero-order valence-corrected chi connectivity index (χ0v) is 18.5. The maximum atomic E-state index is 13.1. The van der Waals surface area contributed by atoms with Gasteiger partial charge in [-0.15, -0.1) is 0 Å². The number of methoxy groups -OCH3 is 1. The quantitative estimate of drug-likeness (QED) is 0.716. The molecule has 0 spiro atoms. The maximum absolute atomic E-state index is 13.1. The average Bonchev–Trinajstić information content (AvgIpc) is 3.06. The fourth-order valence-corrected chi connectivity index (χ4v) is 5.13. The first-order valence-electron chi connectivity index (χ1n) is 10.5. The van der Waals surface area contributed by atoms with Crippen LogP contribution in [0.15, 0.2) is 53.4 Å². The molecule has 2 aromatic carbocycles. The number of sulfonamides is 1. The zero-order chi connectivity index (χ0) is 21.6. The Morgan fingerprint density at radius 1 is 1.07 bits per heavy atom. The van der Waals surface area contributed by atoms with Crippen molar-refractivity contribution in [1.29, 1.82) is 0 Å². The van der Waals surface area contributed by atoms with Crippen molar-refractivity contribution in [1.82, 2.24) is 9.62 Å². The van der Waals surface area contributed by atoms with Crippen molar-refractivity contribution < 1.29 is 17.9 Å². The fraction of sp³-hybridized carbons (Fsp3) is 0.435. The number of carbonyl (C=O) groups excluding carboxylic acids is 1. The van der Waals surface area contributed by atoms with E-state index >= 15 is 0 Å². The van der Waals surface area contributed by atoms with Crippen molar-refractivity contribution in [3.8, 4) is 5.75 Å². The van der Waals surface area contributed by atoms with E-state index in [0.29, 0.717) is 25.3 Å². The predicted octanol–water partition coefficient (Wildman–Crippen LogP) is 4.14. The highest BCUT2D eigenvalue weighted by molar-refractivity contribution is 7.89. The number of likely N-dealkylation sites (tertiary alicyclic amines) is 1. The summed E-state index contributed by atoms with van der Waals surface area (Å²) in [7, 11) is -2.33. The van der Waals surface area contributed by atoms with E-state index in [1.165, 1.54) is 19.2 Å². The minimum Gasteiger partial charge on any atom is -0.496 e. The summed E-state index contributed by atoms with van der Waals surface area (Å²) >= 11 is 0. The van der Waals surface area contributed by atoms with Gasteiger partial charge in [0, 0.05) is 19.1 Å². The molecule has 0 aromatic heterocycles. The lowest BCUT2D eigenvalue weighted by atomic mass is 10.1. The van der Waals surface area contributed by atoms with Crippen LogP contribution >= 0.6 is 0 Å². The van der Waals surface area contributed by atoms with Crippen molar-refractivity contribution >= 4 is 15.9 Å². The van der Waals surface area contributed by atoms with Crippen LogP contribution in [0.4, 0.5) is 0 Å².